The molecule has 3 nitrogen and oxygen atoms in total. The van der Waals surface area contributed by atoms with Crippen molar-refractivity contribution in [3.8, 4) is 17.2 Å². The van der Waals surface area contributed by atoms with Crippen molar-refractivity contribution < 1.29 is 8.81 Å². The number of nitrogens with zero attached hydrogens (tertiary/aromatic N) is 2. The zero-order valence-electron chi connectivity index (χ0n) is 12.3. The van der Waals surface area contributed by atoms with Crippen molar-refractivity contribution in [3.05, 3.63) is 65.6 Å². The highest BCUT2D eigenvalue weighted by Gasteiger charge is 2.20. The summed E-state index contributed by atoms with van der Waals surface area (Å²) in [6.45, 7) is 1.92. The van der Waals surface area contributed by atoms with E-state index < -0.39 is 0 Å². The first-order valence-electron chi connectivity index (χ1n) is 7.16. The van der Waals surface area contributed by atoms with Gasteiger partial charge in [0, 0.05) is 11.8 Å². The number of benzene rings is 2. The van der Waals surface area contributed by atoms with Crippen LogP contribution in [-0.4, -0.2) is 4.98 Å². The molecule has 0 aliphatic carbocycles. The quantitative estimate of drug-likeness (QED) is 0.499. The fraction of sp³-hybridized carbons (Fsp3) is 0.0526. The molecule has 0 bridgehead atoms. The van der Waals surface area contributed by atoms with Crippen LogP contribution in [0.1, 0.15) is 11.1 Å². The minimum Gasteiger partial charge on any atom is -0.436 e. The first-order chi connectivity index (χ1) is 11.2. The molecule has 23 heavy (non-hydrogen) atoms. The Kier molecular flexibility index (Phi) is 2.88. The molecule has 0 radical (unpaired) electrons. The summed E-state index contributed by atoms with van der Waals surface area (Å²) in [6, 6.07) is 14.6. The van der Waals surface area contributed by atoms with Gasteiger partial charge in [-0.05, 0) is 36.2 Å². The van der Waals surface area contributed by atoms with Crippen molar-refractivity contribution in [2.45, 2.75) is 6.92 Å². The number of aromatic nitrogens is 1. The summed E-state index contributed by atoms with van der Waals surface area (Å²) in [4.78, 5) is 4.11. The highest BCUT2D eigenvalue weighted by atomic mass is 19.1. The third kappa shape index (κ3) is 1.91. The number of pyridine rings is 1. The molecule has 4 heteroatoms. The molecule has 0 N–H and O–H groups in total. The van der Waals surface area contributed by atoms with Crippen molar-refractivity contribution in [2.75, 3.05) is 0 Å². The molecule has 0 fully saturated rings. The normalized spacial score (nSPS) is 11.0. The second-order valence-corrected chi connectivity index (χ2v) is 5.37. The van der Waals surface area contributed by atoms with Crippen molar-refractivity contribution in [1.29, 1.82) is 5.26 Å². The van der Waals surface area contributed by atoms with Crippen molar-refractivity contribution >= 4 is 22.1 Å². The Hall–Kier alpha value is -3.19. The number of halogens is 1. The maximum Gasteiger partial charge on any atom is 0.227 e. The summed E-state index contributed by atoms with van der Waals surface area (Å²) in [6.07, 6.45) is 1.58. The molecule has 4 rings (SSSR count). The molecule has 2 heterocycles. The lowest BCUT2D eigenvalue weighted by Gasteiger charge is -2.08. The van der Waals surface area contributed by atoms with Gasteiger partial charge in [0.1, 0.15) is 11.9 Å². The number of aryl methyl sites for hydroxylation is 1. The van der Waals surface area contributed by atoms with E-state index >= 15 is 4.39 Å². The summed E-state index contributed by atoms with van der Waals surface area (Å²) >= 11 is 0. The zero-order valence-corrected chi connectivity index (χ0v) is 12.3. The second-order valence-electron chi connectivity index (χ2n) is 5.37. The van der Waals surface area contributed by atoms with Crippen molar-refractivity contribution in [1.82, 2.24) is 4.98 Å². The number of fused-ring (bicyclic) bond motifs is 3. The van der Waals surface area contributed by atoms with Gasteiger partial charge in [0.25, 0.3) is 0 Å². The maximum atomic E-state index is 15.2. The van der Waals surface area contributed by atoms with Gasteiger partial charge in [0.15, 0.2) is 5.58 Å². The van der Waals surface area contributed by atoms with Crippen molar-refractivity contribution in [3.63, 3.8) is 0 Å². The fourth-order valence-corrected chi connectivity index (χ4v) is 2.90. The Morgan fingerprint density at radius 2 is 1.96 bits per heavy atom. The van der Waals surface area contributed by atoms with Gasteiger partial charge in [-0.1, -0.05) is 24.3 Å². The van der Waals surface area contributed by atoms with E-state index in [0.29, 0.717) is 27.6 Å². The molecular weight excluding hydrogens is 291 g/mol. The Labute approximate surface area is 131 Å². The summed E-state index contributed by atoms with van der Waals surface area (Å²) in [7, 11) is 0. The lowest BCUT2D eigenvalue weighted by Crippen LogP contribution is -1.91. The highest BCUT2D eigenvalue weighted by molar-refractivity contribution is 6.07. The first-order valence-corrected chi connectivity index (χ1v) is 7.16. The van der Waals surface area contributed by atoms with Crippen LogP contribution in [0.4, 0.5) is 4.39 Å². The monoisotopic (exact) mass is 302 g/mol. The van der Waals surface area contributed by atoms with Gasteiger partial charge in [0.05, 0.1) is 16.3 Å². The van der Waals surface area contributed by atoms with Crippen LogP contribution in [0.5, 0.6) is 0 Å². The molecule has 0 amide bonds. The molecule has 0 saturated carbocycles. The van der Waals surface area contributed by atoms with E-state index in [1.165, 1.54) is 0 Å². The molecule has 0 atom stereocenters. The van der Waals surface area contributed by atoms with Gasteiger partial charge in [-0.25, -0.2) is 9.37 Å². The third-order valence-corrected chi connectivity index (χ3v) is 4.01. The number of rotatable bonds is 1. The van der Waals surface area contributed by atoms with Gasteiger partial charge >= 0.3 is 0 Å². The molecule has 0 spiro atoms. The number of nitriles is 1. The molecule has 0 aliphatic rings. The predicted octanol–water partition coefficient (Wildman–Crippen LogP) is 4.97. The van der Waals surface area contributed by atoms with Crippen LogP contribution in [0.3, 0.4) is 0 Å². The topological polar surface area (TPSA) is 49.8 Å². The molecule has 2 aromatic heterocycles. The minimum atomic E-state index is -0.389. The van der Waals surface area contributed by atoms with E-state index in [4.69, 9.17) is 4.42 Å². The van der Waals surface area contributed by atoms with E-state index in [1.807, 2.05) is 31.2 Å². The molecule has 4 aromatic rings. The average Bonchev–Trinajstić information content (AvgIpc) is 2.96. The molecule has 0 unspecified atom stereocenters. The lowest BCUT2D eigenvalue weighted by molar-refractivity contribution is 0.632. The summed E-state index contributed by atoms with van der Waals surface area (Å²) in [5.74, 6) is -0.389. The van der Waals surface area contributed by atoms with E-state index in [9.17, 15) is 5.26 Å². The Balaban J connectivity index is 2.20. The molecule has 110 valence electrons. The number of furan rings is 1. The van der Waals surface area contributed by atoms with Gasteiger partial charge in [-0.3, -0.25) is 0 Å². The molecule has 0 aliphatic heterocycles. The van der Waals surface area contributed by atoms with Crippen LogP contribution in [0.2, 0.25) is 0 Å². The van der Waals surface area contributed by atoms with Crippen LogP contribution in [0, 0.1) is 24.1 Å². The van der Waals surface area contributed by atoms with Gasteiger partial charge in [0.2, 0.25) is 5.71 Å². The van der Waals surface area contributed by atoms with Gasteiger partial charge in [-0.2, -0.15) is 5.26 Å². The third-order valence-electron chi connectivity index (χ3n) is 4.01. The maximum absolute atomic E-state index is 15.2. The number of hydrogen-bond donors (Lipinski definition) is 0. The summed E-state index contributed by atoms with van der Waals surface area (Å²) < 4.78 is 20.8. The van der Waals surface area contributed by atoms with Crippen molar-refractivity contribution in [2.24, 2.45) is 0 Å². The number of hydrogen-bond acceptors (Lipinski definition) is 3. The van der Waals surface area contributed by atoms with Gasteiger partial charge in [-0.15, -0.1) is 0 Å². The Morgan fingerprint density at radius 1 is 1.13 bits per heavy atom. The first kappa shape index (κ1) is 13.5. The fourth-order valence-electron chi connectivity index (χ4n) is 2.90. The van der Waals surface area contributed by atoms with Crippen LogP contribution >= 0.6 is 0 Å². The smallest absolute Gasteiger partial charge is 0.227 e. The standard InChI is InChI=1S/C19H11FN2O/c1-11-5-2-3-6-13(11)15-9-12(10-21)18-16(17(15)20)14-7-4-8-22-19(14)23-18/h2-9H,1H3. The van der Waals surface area contributed by atoms with Crippen LogP contribution in [0.15, 0.2) is 53.1 Å². The van der Waals surface area contributed by atoms with Gasteiger partial charge < -0.3 is 4.42 Å². The minimum absolute atomic E-state index is 0.246. The largest absolute Gasteiger partial charge is 0.436 e. The SMILES string of the molecule is Cc1ccccc1-c1cc(C#N)c2oc3ncccc3c2c1F. The van der Waals surface area contributed by atoms with Crippen LogP contribution in [-0.2, 0) is 0 Å². The van der Waals surface area contributed by atoms with E-state index in [-0.39, 0.29) is 11.4 Å². The molecule has 2 aromatic carbocycles. The Bertz CT molecular complexity index is 1110. The van der Waals surface area contributed by atoms with Crippen LogP contribution in [0.25, 0.3) is 33.2 Å². The zero-order chi connectivity index (χ0) is 16.0. The second kappa shape index (κ2) is 4.92. The molecular formula is C19H11FN2O. The van der Waals surface area contributed by atoms with E-state index in [1.54, 1.807) is 24.4 Å². The van der Waals surface area contributed by atoms with E-state index in [2.05, 4.69) is 11.1 Å². The predicted molar refractivity (Wildman–Crippen MR) is 86.4 cm³/mol. The summed E-state index contributed by atoms with van der Waals surface area (Å²) in [5, 5.41) is 10.3. The Morgan fingerprint density at radius 3 is 2.74 bits per heavy atom. The average molecular weight is 302 g/mol. The summed E-state index contributed by atoms with van der Waals surface area (Å²) in [5.41, 5.74) is 2.99. The molecule has 0 saturated heterocycles. The highest BCUT2D eigenvalue weighted by Crippen LogP contribution is 2.37. The van der Waals surface area contributed by atoms with Crippen LogP contribution < -0.4 is 0 Å². The lowest BCUT2D eigenvalue weighted by atomic mass is 9.96. The van der Waals surface area contributed by atoms with E-state index in [0.717, 1.165) is 11.1 Å².